The maximum Gasteiger partial charge on any atom is 0.490 e. The summed E-state index contributed by atoms with van der Waals surface area (Å²) in [4.78, 5) is 85.7. The Balaban J connectivity index is 0.000000203. The van der Waals surface area contributed by atoms with Gasteiger partial charge in [-0.05, 0) is 103 Å². The van der Waals surface area contributed by atoms with E-state index >= 15 is 0 Å². The molecule has 5 atom stereocenters. The monoisotopic (exact) mass is 981 g/mol. The van der Waals surface area contributed by atoms with Gasteiger partial charge in [0.15, 0.2) is 0 Å². The van der Waals surface area contributed by atoms with Gasteiger partial charge < -0.3 is 51.0 Å². The van der Waals surface area contributed by atoms with Gasteiger partial charge in [-0.1, -0.05) is 32.4 Å². The summed E-state index contributed by atoms with van der Waals surface area (Å²) in [5, 5.41) is 42.3. The molecule has 8 rings (SSSR count). The molecule has 17 nitrogen and oxygen atoms in total. The van der Waals surface area contributed by atoms with Crippen LogP contribution >= 0.6 is 0 Å². The molecule has 2 aromatic heterocycles. The zero-order chi connectivity index (χ0) is 51.5. The Hall–Kier alpha value is -7.24. The number of nitrogens with zero attached hydrogens (tertiary/aromatic N) is 2. The number of aromatic amines is 2. The van der Waals surface area contributed by atoms with Crippen LogP contribution < -0.4 is 26.7 Å². The van der Waals surface area contributed by atoms with Crippen molar-refractivity contribution in [3.8, 4) is 22.5 Å². The number of alkyl halides is 6. The first-order chi connectivity index (χ1) is 32.1. The minimum Gasteiger partial charge on any atom is -0.481 e. The lowest BCUT2D eigenvalue weighted by Gasteiger charge is -2.24. The maximum absolute atomic E-state index is 14.8. The lowest BCUT2D eigenvalue weighted by atomic mass is 9.81. The lowest BCUT2D eigenvalue weighted by molar-refractivity contribution is -0.193. The van der Waals surface area contributed by atoms with Crippen molar-refractivity contribution in [1.82, 2.24) is 9.97 Å². The van der Waals surface area contributed by atoms with Gasteiger partial charge in [-0.3, -0.25) is 14.4 Å². The first kappa shape index (κ1) is 52.7. The van der Waals surface area contributed by atoms with Gasteiger partial charge in [-0.15, -0.1) is 0 Å². The second-order valence-corrected chi connectivity index (χ2v) is 16.7. The molecule has 24 heteroatoms. The van der Waals surface area contributed by atoms with Gasteiger partial charge in [0.25, 0.3) is 11.1 Å². The zero-order valence-electron chi connectivity index (χ0n) is 36.6. The number of hydrogen-bond acceptors (Lipinski definition) is 10. The van der Waals surface area contributed by atoms with Crippen LogP contribution in [0.15, 0.2) is 64.2 Å². The molecule has 4 aliphatic rings. The van der Waals surface area contributed by atoms with E-state index in [1.165, 1.54) is 18.2 Å². The number of fused-ring (bicyclic) bond motifs is 2. The molecule has 0 radical (unpaired) electrons. The van der Waals surface area contributed by atoms with E-state index in [1.807, 2.05) is 44.2 Å². The minimum absolute atomic E-state index is 0.186. The van der Waals surface area contributed by atoms with Crippen LogP contribution in [0.25, 0.3) is 22.5 Å². The molecule has 9 N–H and O–H groups in total. The van der Waals surface area contributed by atoms with Crippen molar-refractivity contribution in [1.29, 1.82) is 0 Å². The smallest absolute Gasteiger partial charge is 0.481 e. The number of rotatable bonds is 9. The molecule has 2 aliphatic heterocycles. The molecule has 69 heavy (non-hydrogen) atoms. The summed E-state index contributed by atoms with van der Waals surface area (Å²) in [6.45, 7) is 6.69. The molecular weight excluding hydrogens is 936 g/mol. The average molecular weight is 982 g/mol. The zero-order valence-corrected chi connectivity index (χ0v) is 36.6. The Morgan fingerprint density at radius 1 is 0.696 bits per heavy atom. The summed E-state index contributed by atoms with van der Waals surface area (Å²) >= 11 is 0. The fraction of sp³-hybridized carbons (Fsp3) is 0.400. The predicted octanol–water partition coefficient (Wildman–Crippen LogP) is 6.10. The Kier molecular flexibility index (Phi) is 15.7. The number of halogens is 7. The van der Waals surface area contributed by atoms with E-state index < -0.39 is 64.5 Å². The molecule has 4 fully saturated rings. The Morgan fingerprint density at radius 2 is 1.16 bits per heavy atom. The number of aromatic nitrogens is 2. The number of nitrogens with two attached hydrogens (primary N) is 1. The molecule has 4 aromatic rings. The molecule has 0 bridgehead atoms. The number of pyridine rings is 2. The standard InChI is InChI=1S/C22H24N2O5.C19H20FN3O3.2C2HF3O2/c1-2-13-10-17(20(26)27)19(25)23-18(13)14-5-7-16(8-6-14)24-11-15-4-3-9-22(15,12-24)21(28)29;1-2-9-5-12(19(25)26)18(24)22-17(9)11-4-3-10(6-15(11)20)23-7-13-14(8-23)16(13)21;2*3-2(4,5)1(6)7/h5-8,10,15H,2-4,9,11-12H2,1H3,(H,23,25)(H,26,27)(H,28,29);3-6,13-14,16H,2,7-8,21H2,1H3,(H,22,24)(H,25,26);2*(H,6,7)/t;13-,14+,16-;;. The van der Waals surface area contributed by atoms with Gasteiger partial charge >= 0.3 is 42.2 Å². The highest BCUT2D eigenvalue weighted by Gasteiger charge is 2.55. The summed E-state index contributed by atoms with van der Waals surface area (Å²) in [5.74, 6) is -7.99. The van der Waals surface area contributed by atoms with Gasteiger partial charge in [-0.2, -0.15) is 26.3 Å². The highest BCUT2D eigenvalue weighted by Crippen LogP contribution is 2.50. The third-order valence-electron chi connectivity index (χ3n) is 12.6. The lowest BCUT2D eigenvalue weighted by Crippen LogP contribution is -2.35. The SMILES string of the molecule is CCc1cc(C(=O)O)c(=O)[nH]c1-c1ccc(N2CC3CCCC3(C(=O)O)C2)cc1.CCc1cc(C(=O)O)c(=O)[nH]c1-c1ccc(N2C[C@@H]3[C@H](N)[C@@H]3C2)cc1F.O=C(O)C(F)(F)F.O=C(O)C(F)(F)F. The number of H-pyrrole nitrogens is 2. The van der Waals surface area contributed by atoms with Gasteiger partial charge in [0.2, 0.25) is 0 Å². The van der Waals surface area contributed by atoms with E-state index in [-0.39, 0.29) is 28.7 Å². The fourth-order valence-electron chi connectivity index (χ4n) is 8.88. The predicted molar refractivity (Wildman–Crippen MR) is 232 cm³/mol. The first-order valence-corrected chi connectivity index (χ1v) is 21.1. The normalized spacial score (nSPS) is 21.0. The van der Waals surface area contributed by atoms with Crippen LogP contribution in [0.1, 0.15) is 65.0 Å². The van der Waals surface area contributed by atoms with E-state index in [0.717, 1.165) is 61.4 Å². The second-order valence-electron chi connectivity index (χ2n) is 16.7. The second kappa shape index (κ2) is 20.5. The number of nitrogens with one attached hydrogen (secondary N) is 2. The number of aliphatic carboxylic acids is 3. The van der Waals surface area contributed by atoms with Gasteiger partial charge in [0, 0.05) is 49.2 Å². The van der Waals surface area contributed by atoms with E-state index in [0.29, 0.717) is 48.2 Å². The number of carbonyl (C=O) groups is 5. The summed E-state index contributed by atoms with van der Waals surface area (Å²) in [6.07, 6.45) is -6.44. The molecule has 4 heterocycles. The molecule has 2 saturated carbocycles. The van der Waals surface area contributed by atoms with Crippen LogP contribution in [0.5, 0.6) is 0 Å². The number of piperidine rings is 1. The van der Waals surface area contributed by atoms with Crippen molar-refractivity contribution in [2.24, 2.45) is 28.9 Å². The van der Waals surface area contributed by atoms with Crippen LogP contribution in [0.3, 0.4) is 0 Å². The molecule has 2 unspecified atom stereocenters. The number of hydrogen-bond donors (Lipinski definition) is 8. The quantitative estimate of drug-likeness (QED) is 0.0881. The topological polar surface area (TPSA) is 285 Å². The number of carboxylic acids is 5. The first-order valence-electron chi connectivity index (χ1n) is 21.1. The molecule has 0 spiro atoms. The van der Waals surface area contributed by atoms with Crippen LogP contribution in [0.4, 0.5) is 42.1 Å². The van der Waals surface area contributed by atoms with Crippen molar-refractivity contribution in [2.75, 3.05) is 36.0 Å². The molecule has 2 aromatic carbocycles. The summed E-state index contributed by atoms with van der Waals surface area (Å²) in [6, 6.07) is 15.6. The highest BCUT2D eigenvalue weighted by molar-refractivity contribution is 5.89. The van der Waals surface area contributed by atoms with Crippen LogP contribution in [0.2, 0.25) is 0 Å². The van der Waals surface area contributed by atoms with E-state index in [9.17, 15) is 59.8 Å². The summed E-state index contributed by atoms with van der Waals surface area (Å²) in [7, 11) is 0. The number of benzene rings is 2. The van der Waals surface area contributed by atoms with Crippen molar-refractivity contribution >= 4 is 41.2 Å². The Bertz CT molecular complexity index is 2710. The van der Waals surface area contributed by atoms with E-state index in [1.54, 1.807) is 6.07 Å². The van der Waals surface area contributed by atoms with Crippen LogP contribution in [-0.4, -0.2) is 110 Å². The number of carboxylic acid groups (broad SMARTS) is 5. The van der Waals surface area contributed by atoms with Crippen molar-refractivity contribution in [3.63, 3.8) is 0 Å². The van der Waals surface area contributed by atoms with Crippen LogP contribution in [-0.2, 0) is 27.2 Å². The molecule has 2 aliphatic carbocycles. The maximum atomic E-state index is 14.8. The number of aryl methyl sites for hydroxylation is 2. The molecule has 0 amide bonds. The minimum atomic E-state index is -5.08. The summed E-state index contributed by atoms with van der Waals surface area (Å²) in [5.41, 5.74) is 8.48. The van der Waals surface area contributed by atoms with Crippen molar-refractivity contribution < 1.29 is 80.2 Å². The number of aromatic carboxylic acids is 2. The summed E-state index contributed by atoms with van der Waals surface area (Å²) < 4.78 is 78.3. The average Bonchev–Trinajstić information content (AvgIpc) is 3.70. The van der Waals surface area contributed by atoms with Gasteiger partial charge in [-0.25, -0.2) is 23.6 Å². The van der Waals surface area contributed by atoms with Gasteiger partial charge in [0.1, 0.15) is 16.9 Å². The van der Waals surface area contributed by atoms with Crippen molar-refractivity contribution in [2.45, 2.75) is 64.3 Å². The number of anilines is 2. The van der Waals surface area contributed by atoms with Crippen LogP contribution in [0, 0.1) is 29.0 Å². The van der Waals surface area contributed by atoms with Crippen molar-refractivity contribution in [3.05, 3.63) is 103 Å². The van der Waals surface area contributed by atoms with E-state index in [2.05, 4.69) is 19.8 Å². The van der Waals surface area contributed by atoms with Gasteiger partial charge in [0.05, 0.1) is 16.8 Å². The highest BCUT2D eigenvalue weighted by atomic mass is 19.4. The Morgan fingerprint density at radius 3 is 1.58 bits per heavy atom. The largest absolute Gasteiger partial charge is 0.490 e. The van der Waals surface area contributed by atoms with E-state index in [4.69, 9.17) is 35.7 Å². The molecular formula is C45H46F7N5O12. The third kappa shape index (κ3) is 11.7. The fourth-order valence-corrected chi connectivity index (χ4v) is 8.88. The molecule has 372 valence electrons. The third-order valence-corrected chi connectivity index (χ3v) is 12.6. The molecule has 2 saturated heterocycles. The Labute approximate surface area is 386 Å².